The number of benzene rings is 3. The lowest BCUT2D eigenvalue weighted by Gasteiger charge is -2.13. The van der Waals surface area contributed by atoms with E-state index in [2.05, 4.69) is 15.5 Å². The van der Waals surface area contributed by atoms with Crippen LogP contribution in [0.25, 0.3) is 22.5 Å². The molecule has 0 saturated carbocycles. The molecular weight excluding hydrogens is 492 g/mol. The third kappa shape index (κ3) is 6.22. The highest BCUT2D eigenvalue weighted by molar-refractivity contribution is 8.00. The standard InChI is InChI=1S/C27H24N4O5S/c1-16(25(32)28-20-6-4-5-19(15-20)26(33)34)37-27-29-23(17-7-11-21(35-2)12-8-17)24(30-31-27)18-9-13-22(36-3)14-10-18/h4-16H,1-3H3,(H,28,32)(H,33,34). The molecule has 1 heterocycles. The molecule has 10 heteroatoms. The van der Waals surface area contributed by atoms with E-state index in [1.807, 2.05) is 48.5 Å². The van der Waals surface area contributed by atoms with Gasteiger partial charge in [-0.25, -0.2) is 9.78 Å². The van der Waals surface area contributed by atoms with E-state index in [9.17, 15) is 14.7 Å². The van der Waals surface area contributed by atoms with Crippen molar-refractivity contribution in [3.8, 4) is 34.0 Å². The Morgan fingerprint density at radius 3 is 2.03 bits per heavy atom. The fraction of sp³-hybridized carbons (Fsp3) is 0.148. The van der Waals surface area contributed by atoms with Crippen molar-refractivity contribution in [3.05, 3.63) is 78.4 Å². The molecule has 0 bridgehead atoms. The molecule has 1 atom stereocenters. The van der Waals surface area contributed by atoms with E-state index in [0.29, 0.717) is 28.0 Å². The third-order valence-corrected chi connectivity index (χ3v) is 6.37. The van der Waals surface area contributed by atoms with Crippen LogP contribution in [0.15, 0.2) is 78.0 Å². The van der Waals surface area contributed by atoms with Crippen LogP contribution in [0.1, 0.15) is 17.3 Å². The largest absolute Gasteiger partial charge is 0.497 e. The molecule has 1 aromatic heterocycles. The number of carbonyl (C=O) groups is 2. The molecule has 3 aromatic carbocycles. The van der Waals surface area contributed by atoms with Crippen LogP contribution in [-0.2, 0) is 4.79 Å². The average molecular weight is 517 g/mol. The zero-order chi connectivity index (χ0) is 26.4. The van der Waals surface area contributed by atoms with Crippen LogP contribution in [0.2, 0.25) is 0 Å². The molecule has 0 saturated heterocycles. The zero-order valence-electron chi connectivity index (χ0n) is 20.3. The number of anilines is 1. The number of nitrogens with zero attached hydrogens (tertiary/aromatic N) is 3. The maximum Gasteiger partial charge on any atom is 0.335 e. The summed E-state index contributed by atoms with van der Waals surface area (Å²) in [6, 6.07) is 20.9. The predicted molar refractivity (Wildman–Crippen MR) is 141 cm³/mol. The molecule has 37 heavy (non-hydrogen) atoms. The number of methoxy groups -OCH3 is 2. The summed E-state index contributed by atoms with van der Waals surface area (Å²) in [7, 11) is 3.20. The van der Waals surface area contributed by atoms with E-state index in [4.69, 9.17) is 14.5 Å². The van der Waals surface area contributed by atoms with Gasteiger partial charge < -0.3 is 19.9 Å². The van der Waals surface area contributed by atoms with Gasteiger partial charge in [0.05, 0.1) is 25.0 Å². The van der Waals surface area contributed by atoms with Gasteiger partial charge in [-0.3, -0.25) is 4.79 Å². The maximum atomic E-state index is 12.8. The Labute approximate surface area is 217 Å². The molecule has 0 radical (unpaired) electrons. The van der Waals surface area contributed by atoms with Crippen LogP contribution >= 0.6 is 11.8 Å². The van der Waals surface area contributed by atoms with Gasteiger partial charge in [0, 0.05) is 16.8 Å². The van der Waals surface area contributed by atoms with Crippen molar-refractivity contribution in [2.24, 2.45) is 0 Å². The summed E-state index contributed by atoms with van der Waals surface area (Å²) in [5.41, 5.74) is 3.29. The Kier molecular flexibility index (Phi) is 7.99. The fourth-order valence-electron chi connectivity index (χ4n) is 3.44. The van der Waals surface area contributed by atoms with Crippen LogP contribution in [0.4, 0.5) is 5.69 Å². The highest BCUT2D eigenvalue weighted by Gasteiger charge is 2.20. The molecule has 0 aliphatic rings. The summed E-state index contributed by atoms with van der Waals surface area (Å²) in [5.74, 6) is 0.0440. The summed E-state index contributed by atoms with van der Waals surface area (Å²) < 4.78 is 10.5. The Balaban J connectivity index is 1.61. The molecule has 2 N–H and O–H groups in total. The minimum Gasteiger partial charge on any atom is -0.497 e. The van der Waals surface area contributed by atoms with Gasteiger partial charge in [-0.1, -0.05) is 17.8 Å². The van der Waals surface area contributed by atoms with Crippen molar-refractivity contribution in [2.75, 3.05) is 19.5 Å². The number of nitrogens with one attached hydrogen (secondary N) is 1. The summed E-state index contributed by atoms with van der Waals surface area (Å²) in [4.78, 5) is 28.7. The van der Waals surface area contributed by atoms with Gasteiger partial charge in [0.25, 0.3) is 0 Å². The van der Waals surface area contributed by atoms with Gasteiger partial charge in [-0.05, 0) is 73.7 Å². The van der Waals surface area contributed by atoms with Gasteiger partial charge in [-0.2, -0.15) is 0 Å². The van der Waals surface area contributed by atoms with Crippen molar-refractivity contribution in [1.82, 2.24) is 15.2 Å². The second-order valence-electron chi connectivity index (χ2n) is 7.88. The van der Waals surface area contributed by atoms with Gasteiger partial charge in [0.1, 0.15) is 22.9 Å². The Bertz CT molecular complexity index is 1410. The number of hydrogen-bond donors (Lipinski definition) is 2. The lowest BCUT2D eigenvalue weighted by molar-refractivity contribution is -0.115. The minimum absolute atomic E-state index is 0.0869. The van der Waals surface area contributed by atoms with Crippen LogP contribution < -0.4 is 14.8 Å². The van der Waals surface area contributed by atoms with Crippen molar-refractivity contribution < 1.29 is 24.2 Å². The topological polar surface area (TPSA) is 124 Å². The number of ether oxygens (including phenoxy) is 2. The van der Waals surface area contributed by atoms with E-state index in [1.54, 1.807) is 33.3 Å². The van der Waals surface area contributed by atoms with Gasteiger partial charge in [-0.15, -0.1) is 10.2 Å². The molecule has 9 nitrogen and oxygen atoms in total. The monoisotopic (exact) mass is 516 g/mol. The number of carbonyl (C=O) groups excluding carboxylic acids is 1. The van der Waals surface area contributed by atoms with Crippen LogP contribution in [-0.4, -0.2) is 51.6 Å². The zero-order valence-corrected chi connectivity index (χ0v) is 21.2. The SMILES string of the molecule is COc1ccc(-c2nnc(SC(C)C(=O)Nc3cccc(C(=O)O)c3)nc2-c2ccc(OC)cc2)cc1. The van der Waals surface area contributed by atoms with E-state index in [-0.39, 0.29) is 11.5 Å². The maximum absolute atomic E-state index is 12.8. The minimum atomic E-state index is -1.07. The number of thioether (sulfide) groups is 1. The quantitative estimate of drug-likeness (QED) is 0.294. The summed E-state index contributed by atoms with van der Waals surface area (Å²) in [6.45, 7) is 1.72. The van der Waals surface area contributed by atoms with Crippen LogP contribution in [0, 0.1) is 0 Å². The normalized spacial score (nSPS) is 11.4. The van der Waals surface area contributed by atoms with E-state index >= 15 is 0 Å². The van der Waals surface area contributed by atoms with E-state index in [0.717, 1.165) is 28.6 Å². The first kappa shape index (κ1) is 25.6. The lowest BCUT2D eigenvalue weighted by Crippen LogP contribution is -2.23. The van der Waals surface area contributed by atoms with Crippen LogP contribution in [0.3, 0.4) is 0 Å². The first-order chi connectivity index (χ1) is 17.9. The molecule has 0 aliphatic carbocycles. The number of rotatable bonds is 9. The van der Waals surface area contributed by atoms with E-state index in [1.165, 1.54) is 12.1 Å². The molecule has 0 spiro atoms. The Morgan fingerprint density at radius 2 is 1.46 bits per heavy atom. The summed E-state index contributed by atoms with van der Waals surface area (Å²) in [6.07, 6.45) is 0. The number of amides is 1. The van der Waals surface area contributed by atoms with E-state index < -0.39 is 11.2 Å². The van der Waals surface area contributed by atoms with Crippen molar-refractivity contribution >= 4 is 29.3 Å². The average Bonchev–Trinajstić information content (AvgIpc) is 2.93. The number of hydrogen-bond acceptors (Lipinski definition) is 8. The number of carboxylic acids is 1. The second kappa shape index (κ2) is 11.5. The number of aromatic nitrogens is 3. The molecule has 0 aliphatic heterocycles. The summed E-state index contributed by atoms with van der Waals surface area (Å²) in [5, 5.41) is 20.4. The first-order valence-corrected chi connectivity index (χ1v) is 12.1. The third-order valence-electron chi connectivity index (χ3n) is 5.42. The lowest BCUT2D eigenvalue weighted by atomic mass is 10.0. The molecule has 1 amide bonds. The highest BCUT2D eigenvalue weighted by atomic mass is 32.2. The fourth-order valence-corrected chi connectivity index (χ4v) is 4.15. The molecule has 0 fully saturated rings. The molecule has 1 unspecified atom stereocenters. The summed E-state index contributed by atoms with van der Waals surface area (Å²) >= 11 is 1.15. The smallest absolute Gasteiger partial charge is 0.335 e. The second-order valence-corrected chi connectivity index (χ2v) is 9.19. The highest BCUT2D eigenvalue weighted by Crippen LogP contribution is 2.32. The Morgan fingerprint density at radius 1 is 0.865 bits per heavy atom. The van der Waals surface area contributed by atoms with Crippen molar-refractivity contribution in [2.45, 2.75) is 17.3 Å². The van der Waals surface area contributed by atoms with Crippen molar-refractivity contribution in [3.63, 3.8) is 0 Å². The van der Waals surface area contributed by atoms with Crippen molar-refractivity contribution in [1.29, 1.82) is 0 Å². The van der Waals surface area contributed by atoms with Gasteiger partial charge >= 0.3 is 5.97 Å². The first-order valence-electron chi connectivity index (χ1n) is 11.2. The molecule has 188 valence electrons. The van der Waals surface area contributed by atoms with Gasteiger partial charge in [0.15, 0.2) is 0 Å². The predicted octanol–water partition coefficient (Wildman–Crippen LogP) is 5.04. The molecule has 4 rings (SSSR count). The molecular formula is C27H24N4O5S. The number of carboxylic acid groups (broad SMARTS) is 1. The molecule has 4 aromatic rings. The van der Waals surface area contributed by atoms with Crippen LogP contribution in [0.5, 0.6) is 11.5 Å². The van der Waals surface area contributed by atoms with Gasteiger partial charge in [0.2, 0.25) is 11.1 Å². The number of aromatic carboxylic acids is 1. The Hall–Kier alpha value is -4.44.